The second-order valence-electron chi connectivity index (χ2n) is 4.99. The van der Waals surface area contributed by atoms with Gasteiger partial charge in [0.25, 0.3) is 0 Å². The van der Waals surface area contributed by atoms with Gasteiger partial charge in [-0.3, -0.25) is 0 Å². The Hall–Kier alpha value is -1.43. The Bertz CT molecular complexity index is 627. The highest BCUT2D eigenvalue weighted by Crippen LogP contribution is 2.28. The van der Waals surface area contributed by atoms with Gasteiger partial charge in [0.05, 0.1) is 17.3 Å². The summed E-state index contributed by atoms with van der Waals surface area (Å²) in [5, 5.41) is 19.0. The molecule has 0 aliphatic carbocycles. The molecule has 1 aromatic carbocycles. The molecule has 0 bridgehead atoms. The van der Waals surface area contributed by atoms with Gasteiger partial charge in [-0.2, -0.15) is 0 Å². The summed E-state index contributed by atoms with van der Waals surface area (Å²) in [6, 6.07) is 5.22. The van der Waals surface area contributed by atoms with Crippen molar-refractivity contribution in [1.82, 2.24) is 15.2 Å². The third-order valence-corrected chi connectivity index (χ3v) is 4.05. The van der Waals surface area contributed by atoms with Crippen LogP contribution in [0.1, 0.15) is 12.8 Å². The molecule has 1 fully saturated rings. The van der Waals surface area contributed by atoms with Crippen LogP contribution < -0.4 is 4.90 Å². The van der Waals surface area contributed by atoms with E-state index in [0.717, 1.165) is 31.5 Å². The van der Waals surface area contributed by atoms with Crippen molar-refractivity contribution in [3.63, 3.8) is 0 Å². The van der Waals surface area contributed by atoms with Crippen LogP contribution in [0.5, 0.6) is 0 Å². The molecule has 110 valence electrons. The molecule has 1 aliphatic heterocycles. The van der Waals surface area contributed by atoms with Crippen LogP contribution in [0.2, 0.25) is 10.0 Å². The van der Waals surface area contributed by atoms with Gasteiger partial charge < -0.3 is 10.0 Å². The number of aromatic nitrogens is 3. The first kappa shape index (κ1) is 14.5. The number of benzene rings is 1. The van der Waals surface area contributed by atoms with E-state index in [-0.39, 0.29) is 6.10 Å². The molecule has 1 aliphatic rings. The van der Waals surface area contributed by atoms with E-state index >= 15 is 0 Å². The Kier molecular flexibility index (Phi) is 4.24. The summed E-state index contributed by atoms with van der Waals surface area (Å²) < 4.78 is 0. The SMILES string of the molecule is OC1CCN(c2ncc(-c3ccc(Cl)cc3Cl)nn2)CC1. The highest BCUT2D eigenvalue weighted by atomic mass is 35.5. The molecule has 21 heavy (non-hydrogen) atoms. The van der Waals surface area contributed by atoms with Crippen LogP contribution in [0, 0.1) is 0 Å². The zero-order valence-electron chi connectivity index (χ0n) is 11.2. The molecular weight excluding hydrogens is 311 g/mol. The summed E-state index contributed by atoms with van der Waals surface area (Å²) in [6.45, 7) is 1.48. The van der Waals surface area contributed by atoms with E-state index in [1.807, 2.05) is 4.90 Å². The van der Waals surface area contributed by atoms with Crippen molar-refractivity contribution >= 4 is 29.2 Å². The molecule has 0 atom stereocenters. The zero-order chi connectivity index (χ0) is 14.8. The maximum Gasteiger partial charge on any atom is 0.245 e. The summed E-state index contributed by atoms with van der Waals surface area (Å²) >= 11 is 12.0. The molecule has 7 heteroatoms. The molecular formula is C14H14Cl2N4O. The largest absolute Gasteiger partial charge is 0.393 e. The maximum atomic E-state index is 9.51. The third kappa shape index (κ3) is 3.26. The summed E-state index contributed by atoms with van der Waals surface area (Å²) in [5.41, 5.74) is 1.36. The lowest BCUT2D eigenvalue weighted by molar-refractivity contribution is 0.145. The average molecular weight is 325 g/mol. The summed E-state index contributed by atoms with van der Waals surface area (Å²) in [5.74, 6) is 0.579. The van der Waals surface area contributed by atoms with Crippen LogP contribution in [-0.4, -0.2) is 39.5 Å². The van der Waals surface area contributed by atoms with Crippen molar-refractivity contribution in [3.05, 3.63) is 34.4 Å². The number of hydrogen-bond acceptors (Lipinski definition) is 5. The smallest absolute Gasteiger partial charge is 0.245 e. The lowest BCUT2D eigenvalue weighted by Crippen LogP contribution is -2.37. The van der Waals surface area contributed by atoms with Crippen molar-refractivity contribution in [2.45, 2.75) is 18.9 Å². The molecule has 0 spiro atoms. The van der Waals surface area contributed by atoms with Gasteiger partial charge in [-0.15, -0.1) is 10.2 Å². The second-order valence-corrected chi connectivity index (χ2v) is 5.83. The fourth-order valence-electron chi connectivity index (χ4n) is 2.30. The number of nitrogens with zero attached hydrogens (tertiary/aromatic N) is 4. The third-order valence-electron chi connectivity index (χ3n) is 3.50. The molecule has 1 saturated heterocycles. The lowest BCUT2D eigenvalue weighted by atomic mass is 10.1. The fourth-order valence-corrected chi connectivity index (χ4v) is 2.81. The van der Waals surface area contributed by atoms with Crippen molar-refractivity contribution in [2.24, 2.45) is 0 Å². The van der Waals surface area contributed by atoms with E-state index in [1.165, 1.54) is 0 Å². The Morgan fingerprint density at radius 2 is 1.90 bits per heavy atom. The van der Waals surface area contributed by atoms with Gasteiger partial charge in [-0.25, -0.2) is 4.98 Å². The highest BCUT2D eigenvalue weighted by Gasteiger charge is 2.19. The van der Waals surface area contributed by atoms with Crippen LogP contribution in [0.25, 0.3) is 11.3 Å². The summed E-state index contributed by atoms with van der Waals surface area (Å²) in [7, 11) is 0. The van der Waals surface area contributed by atoms with Crippen molar-refractivity contribution in [1.29, 1.82) is 0 Å². The van der Waals surface area contributed by atoms with E-state index in [9.17, 15) is 5.11 Å². The van der Waals surface area contributed by atoms with E-state index in [1.54, 1.807) is 24.4 Å². The molecule has 2 heterocycles. The van der Waals surface area contributed by atoms with E-state index in [0.29, 0.717) is 21.7 Å². The van der Waals surface area contributed by atoms with Crippen molar-refractivity contribution < 1.29 is 5.11 Å². The Morgan fingerprint density at radius 1 is 1.14 bits per heavy atom. The Balaban J connectivity index is 1.80. The molecule has 0 radical (unpaired) electrons. The second kappa shape index (κ2) is 6.13. The Morgan fingerprint density at radius 3 is 2.52 bits per heavy atom. The standard InChI is InChI=1S/C14H14Cl2N4O/c15-9-1-2-11(12(16)7-9)13-8-17-14(19-18-13)20-5-3-10(21)4-6-20/h1-2,7-8,10,21H,3-6H2. The monoisotopic (exact) mass is 324 g/mol. The average Bonchev–Trinajstić information content (AvgIpc) is 2.48. The van der Waals surface area contributed by atoms with Crippen LogP contribution in [0.3, 0.4) is 0 Å². The number of anilines is 1. The maximum absolute atomic E-state index is 9.51. The first-order valence-corrected chi connectivity index (χ1v) is 7.47. The highest BCUT2D eigenvalue weighted by molar-refractivity contribution is 6.36. The normalized spacial score (nSPS) is 16.2. The molecule has 3 rings (SSSR count). The van der Waals surface area contributed by atoms with Gasteiger partial charge in [0.2, 0.25) is 5.95 Å². The lowest BCUT2D eigenvalue weighted by Gasteiger charge is -2.29. The molecule has 0 amide bonds. The predicted molar refractivity (Wildman–Crippen MR) is 82.7 cm³/mol. The van der Waals surface area contributed by atoms with Gasteiger partial charge in [0.15, 0.2) is 0 Å². The first-order valence-electron chi connectivity index (χ1n) is 6.71. The van der Waals surface area contributed by atoms with Crippen molar-refractivity contribution in [2.75, 3.05) is 18.0 Å². The van der Waals surface area contributed by atoms with Gasteiger partial charge in [0, 0.05) is 23.7 Å². The molecule has 5 nitrogen and oxygen atoms in total. The van der Waals surface area contributed by atoms with E-state index in [2.05, 4.69) is 15.2 Å². The fraction of sp³-hybridized carbons (Fsp3) is 0.357. The molecule has 1 aromatic heterocycles. The van der Waals surface area contributed by atoms with Crippen LogP contribution in [-0.2, 0) is 0 Å². The minimum absolute atomic E-state index is 0.221. The quantitative estimate of drug-likeness (QED) is 0.920. The molecule has 0 unspecified atom stereocenters. The van der Waals surface area contributed by atoms with Gasteiger partial charge in [0.1, 0.15) is 5.69 Å². The zero-order valence-corrected chi connectivity index (χ0v) is 12.7. The minimum Gasteiger partial charge on any atom is -0.393 e. The first-order chi connectivity index (χ1) is 10.1. The summed E-state index contributed by atoms with van der Waals surface area (Å²) in [4.78, 5) is 6.37. The number of piperidine rings is 1. The van der Waals surface area contributed by atoms with Gasteiger partial charge in [-0.1, -0.05) is 23.2 Å². The van der Waals surface area contributed by atoms with E-state index < -0.39 is 0 Å². The number of hydrogen-bond donors (Lipinski definition) is 1. The molecule has 0 saturated carbocycles. The van der Waals surface area contributed by atoms with E-state index in [4.69, 9.17) is 23.2 Å². The van der Waals surface area contributed by atoms with Crippen LogP contribution in [0.4, 0.5) is 5.95 Å². The number of rotatable bonds is 2. The number of aliphatic hydroxyl groups excluding tert-OH is 1. The van der Waals surface area contributed by atoms with Crippen LogP contribution >= 0.6 is 23.2 Å². The molecule has 2 aromatic rings. The predicted octanol–water partition coefficient (Wildman–Crippen LogP) is 2.81. The summed E-state index contributed by atoms with van der Waals surface area (Å²) in [6.07, 6.45) is 2.89. The number of halogens is 2. The topological polar surface area (TPSA) is 62.1 Å². The molecule has 1 N–H and O–H groups in total. The van der Waals surface area contributed by atoms with Gasteiger partial charge in [-0.05, 0) is 31.0 Å². The minimum atomic E-state index is -0.221. The Labute approximate surface area is 132 Å². The van der Waals surface area contributed by atoms with Crippen LogP contribution in [0.15, 0.2) is 24.4 Å². The van der Waals surface area contributed by atoms with Gasteiger partial charge >= 0.3 is 0 Å². The van der Waals surface area contributed by atoms with Crippen molar-refractivity contribution in [3.8, 4) is 11.3 Å². The number of aliphatic hydroxyl groups is 1.